The van der Waals surface area contributed by atoms with Gasteiger partial charge in [-0.15, -0.1) is 0 Å². The van der Waals surface area contributed by atoms with Crippen LogP contribution >= 0.6 is 12.2 Å². The molecule has 1 saturated carbocycles. The van der Waals surface area contributed by atoms with Gasteiger partial charge in [0, 0.05) is 17.2 Å². The molecule has 2 heterocycles. The highest BCUT2D eigenvalue weighted by molar-refractivity contribution is 7.80. The summed E-state index contributed by atoms with van der Waals surface area (Å²) in [6.45, 7) is -0.723. The Morgan fingerprint density at radius 1 is 1.35 bits per heavy atom. The van der Waals surface area contributed by atoms with Crippen molar-refractivity contribution in [2.45, 2.75) is 18.1 Å². The van der Waals surface area contributed by atoms with E-state index in [1.807, 2.05) is 0 Å². The number of hydrogen-bond acceptors (Lipinski definition) is 5. The van der Waals surface area contributed by atoms with E-state index in [9.17, 15) is 22.4 Å². The standard InChI is InChI=1S/C20H17F4N3O3S/c21-15-3-1-12(5-14(15)19-6-11(19)8-29-9-17(31)27-19)26-18(28)16-4-2-13(7-25-16)30-10-20(22,23)24/h1-5,7,11H,6,8-10H2,(H,26,28)(H,27,31)/t11-,19-/m0/s1. The lowest BCUT2D eigenvalue weighted by molar-refractivity contribution is -0.153. The molecule has 4 rings (SSSR count). The van der Waals surface area contributed by atoms with E-state index in [1.54, 1.807) is 0 Å². The van der Waals surface area contributed by atoms with Gasteiger partial charge < -0.3 is 20.1 Å². The zero-order chi connectivity index (χ0) is 22.2. The quantitative estimate of drug-likeness (QED) is 0.531. The highest BCUT2D eigenvalue weighted by Gasteiger charge is 2.58. The van der Waals surface area contributed by atoms with Crippen molar-refractivity contribution in [2.75, 3.05) is 25.1 Å². The number of halogens is 4. The Morgan fingerprint density at radius 3 is 2.87 bits per heavy atom. The topological polar surface area (TPSA) is 72.5 Å². The molecule has 6 nitrogen and oxygen atoms in total. The third-order valence-electron chi connectivity index (χ3n) is 5.10. The largest absolute Gasteiger partial charge is 0.483 e. The molecular formula is C20H17F4N3O3S. The number of pyridine rings is 1. The number of nitrogens with one attached hydrogen (secondary N) is 2. The summed E-state index contributed by atoms with van der Waals surface area (Å²) in [5.74, 6) is -1.08. The molecule has 0 unspecified atom stereocenters. The van der Waals surface area contributed by atoms with Gasteiger partial charge in [0.25, 0.3) is 5.91 Å². The molecule has 1 amide bonds. The van der Waals surface area contributed by atoms with Crippen molar-refractivity contribution < 1.29 is 31.8 Å². The van der Waals surface area contributed by atoms with Crippen molar-refractivity contribution in [1.29, 1.82) is 0 Å². The first-order valence-electron chi connectivity index (χ1n) is 9.32. The monoisotopic (exact) mass is 455 g/mol. The number of benzene rings is 1. The minimum Gasteiger partial charge on any atom is -0.483 e. The second-order valence-corrected chi connectivity index (χ2v) is 7.86. The Labute approximate surface area is 179 Å². The normalized spacial score (nSPS) is 22.7. The molecule has 1 aliphatic heterocycles. The van der Waals surface area contributed by atoms with Crippen LogP contribution in [0.3, 0.4) is 0 Å². The molecule has 2 aliphatic rings. The molecule has 164 valence electrons. The fourth-order valence-electron chi connectivity index (χ4n) is 3.57. The van der Waals surface area contributed by atoms with Gasteiger partial charge >= 0.3 is 6.18 Å². The van der Waals surface area contributed by atoms with Crippen LogP contribution in [0, 0.1) is 11.7 Å². The van der Waals surface area contributed by atoms with Gasteiger partial charge in [-0.2, -0.15) is 13.2 Å². The van der Waals surface area contributed by atoms with Crippen LogP contribution in [-0.2, 0) is 10.3 Å². The maximum atomic E-state index is 14.6. The van der Waals surface area contributed by atoms with Crippen LogP contribution in [0.5, 0.6) is 5.75 Å². The molecule has 1 saturated heterocycles. The number of ether oxygens (including phenoxy) is 2. The van der Waals surface area contributed by atoms with Crippen molar-refractivity contribution in [3.05, 3.63) is 53.6 Å². The summed E-state index contributed by atoms with van der Waals surface area (Å²) in [6.07, 6.45) is -2.79. The second-order valence-electron chi connectivity index (χ2n) is 7.37. The van der Waals surface area contributed by atoms with Crippen LogP contribution in [0.4, 0.5) is 23.2 Å². The number of rotatable bonds is 5. The summed E-state index contributed by atoms with van der Waals surface area (Å²) < 4.78 is 61.3. The zero-order valence-corrected chi connectivity index (χ0v) is 16.8. The van der Waals surface area contributed by atoms with Crippen molar-refractivity contribution in [3.8, 4) is 5.75 Å². The van der Waals surface area contributed by atoms with Crippen LogP contribution in [0.25, 0.3) is 0 Å². The third kappa shape index (κ3) is 4.77. The molecule has 1 aliphatic carbocycles. The SMILES string of the molecule is O=C(Nc1ccc(F)c([C@]23C[C@H]2COCC(=S)N3)c1)c1ccc(OCC(F)(F)F)cn1. The molecule has 2 aromatic rings. The maximum Gasteiger partial charge on any atom is 0.422 e. The number of alkyl halides is 3. The number of thiocarbonyl (C=S) groups is 1. The first-order chi connectivity index (χ1) is 14.7. The summed E-state index contributed by atoms with van der Waals surface area (Å²) in [5, 5.41) is 5.80. The van der Waals surface area contributed by atoms with E-state index in [0.29, 0.717) is 29.3 Å². The van der Waals surface area contributed by atoms with Crippen LogP contribution in [0.2, 0.25) is 0 Å². The molecular weight excluding hydrogens is 438 g/mol. The zero-order valence-electron chi connectivity index (χ0n) is 16.0. The Bertz CT molecular complexity index is 1020. The van der Waals surface area contributed by atoms with Gasteiger partial charge in [0.2, 0.25) is 0 Å². The third-order valence-corrected chi connectivity index (χ3v) is 5.32. The number of hydrogen-bond donors (Lipinski definition) is 2. The number of anilines is 1. The van der Waals surface area contributed by atoms with Gasteiger partial charge in [0.05, 0.1) is 24.9 Å². The average Bonchev–Trinajstić information content (AvgIpc) is 3.42. The first kappa shape index (κ1) is 21.4. The van der Waals surface area contributed by atoms with Gasteiger partial charge in [-0.3, -0.25) is 4.79 Å². The summed E-state index contributed by atoms with van der Waals surface area (Å²) in [4.78, 5) is 16.8. The first-order valence-corrected chi connectivity index (χ1v) is 9.73. The lowest BCUT2D eigenvalue weighted by Crippen LogP contribution is -2.36. The molecule has 31 heavy (non-hydrogen) atoms. The fourth-order valence-corrected chi connectivity index (χ4v) is 3.83. The van der Waals surface area contributed by atoms with Crippen molar-refractivity contribution in [3.63, 3.8) is 0 Å². The minimum atomic E-state index is -4.47. The van der Waals surface area contributed by atoms with Gasteiger partial charge in [0.1, 0.15) is 22.2 Å². The Balaban J connectivity index is 1.47. The number of amides is 1. The highest BCUT2D eigenvalue weighted by Crippen LogP contribution is 2.54. The number of fused-ring (bicyclic) bond motifs is 1. The van der Waals surface area contributed by atoms with Gasteiger partial charge in [0.15, 0.2) is 6.61 Å². The summed E-state index contributed by atoms with van der Waals surface area (Å²) in [5.41, 5.74) is 0.0362. The number of aromatic nitrogens is 1. The fraction of sp³-hybridized carbons (Fsp3) is 0.350. The van der Waals surface area contributed by atoms with E-state index in [-0.39, 0.29) is 24.0 Å². The molecule has 0 bridgehead atoms. The average molecular weight is 455 g/mol. The summed E-state index contributed by atoms with van der Waals surface area (Å²) in [7, 11) is 0. The molecule has 1 aromatic carbocycles. The van der Waals surface area contributed by atoms with E-state index < -0.39 is 30.0 Å². The molecule has 0 spiro atoms. The Hall–Kier alpha value is -2.79. The molecule has 11 heteroatoms. The summed E-state index contributed by atoms with van der Waals surface area (Å²) in [6, 6.07) is 6.66. The van der Waals surface area contributed by atoms with E-state index in [1.165, 1.54) is 30.3 Å². The minimum absolute atomic E-state index is 0.0325. The van der Waals surface area contributed by atoms with Crippen molar-refractivity contribution in [1.82, 2.24) is 10.3 Å². The molecule has 2 atom stereocenters. The lowest BCUT2D eigenvalue weighted by atomic mass is 10.0. The van der Waals surface area contributed by atoms with Crippen LogP contribution in [0.15, 0.2) is 36.5 Å². The predicted octanol–water partition coefficient (Wildman–Crippen LogP) is 3.58. The van der Waals surface area contributed by atoms with Gasteiger partial charge in [-0.05, 0) is 36.8 Å². The van der Waals surface area contributed by atoms with E-state index in [0.717, 1.165) is 6.20 Å². The highest BCUT2D eigenvalue weighted by atomic mass is 32.1. The van der Waals surface area contributed by atoms with E-state index in [4.69, 9.17) is 17.0 Å². The maximum absolute atomic E-state index is 14.6. The smallest absolute Gasteiger partial charge is 0.422 e. The Kier molecular flexibility index (Phi) is 5.56. The molecule has 2 N–H and O–H groups in total. The molecule has 0 radical (unpaired) electrons. The number of carbonyl (C=O) groups excluding carboxylic acids is 1. The van der Waals surface area contributed by atoms with Crippen LogP contribution in [0.1, 0.15) is 22.5 Å². The summed E-state index contributed by atoms with van der Waals surface area (Å²) >= 11 is 5.22. The van der Waals surface area contributed by atoms with E-state index >= 15 is 0 Å². The molecule has 2 fully saturated rings. The van der Waals surface area contributed by atoms with Crippen molar-refractivity contribution in [2.24, 2.45) is 5.92 Å². The number of nitrogens with zero attached hydrogens (tertiary/aromatic N) is 1. The second kappa shape index (κ2) is 8.04. The number of carbonyl (C=O) groups is 1. The van der Waals surface area contributed by atoms with Gasteiger partial charge in [-0.1, -0.05) is 12.2 Å². The van der Waals surface area contributed by atoms with Crippen LogP contribution < -0.4 is 15.4 Å². The lowest BCUT2D eigenvalue weighted by Gasteiger charge is -2.21. The predicted molar refractivity (Wildman–Crippen MR) is 106 cm³/mol. The van der Waals surface area contributed by atoms with Crippen LogP contribution in [-0.4, -0.2) is 41.9 Å². The van der Waals surface area contributed by atoms with Gasteiger partial charge in [-0.25, -0.2) is 9.37 Å². The van der Waals surface area contributed by atoms with E-state index in [2.05, 4.69) is 20.4 Å². The molecule has 1 aromatic heterocycles. The Morgan fingerprint density at radius 2 is 2.16 bits per heavy atom. The van der Waals surface area contributed by atoms with Crippen molar-refractivity contribution >= 4 is 28.8 Å².